The molecule has 7 amide bonds. The van der Waals surface area contributed by atoms with Crippen LogP contribution in [0.25, 0.3) is 0 Å². The maximum atomic E-state index is 13.7. The van der Waals surface area contributed by atoms with Gasteiger partial charge in [0.2, 0.25) is 41.4 Å². The molecule has 0 aliphatic heterocycles. The number of H-pyrrole nitrogens is 2. The van der Waals surface area contributed by atoms with E-state index in [1.165, 1.54) is 36.8 Å². The normalized spacial score (nSPS) is 14.1. The Morgan fingerprint density at radius 2 is 1.09 bits per heavy atom. The fourth-order valence-electron chi connectivity index (χ4n) is 5.79. The molecule has 28 nitrogen and oxygen atoms in total. The number of thioether (sulfide) groups is 1. The van der Waals surface area contributed by atoms with Gasteiger partial charge in [0.25, 0.3) is 0 Å². The number of carboxylic acid groups (broad SMARTS) is 3. The number of carbonyl (C=O) groups is 10. The van der Waals surface area contributed by atoms with E-state index < -0.39 is 127 Å². The molecular weight excluding hydrogens is 883 g/mol. The van der Waals surface area contributed by atoms with E-state index in [0.717, 1.165) is 0 Å². The number of carboxylic acids is 3. The van der Waals surface area contributed by atoms with Crippen LogP contribution in [0.5, 0.6) is 0 Å². The summed E-state index contributed by atoms with van der Waals surface area (Å²) in [6, 6.07) is -11.1. The zero-order valence-corrected chi connectivity index (χ0v) is 35.9. The van der Waals surface area contributed by atoms with Crippen molar-refractivity contribution in [2.24, 2.45) is 27.9 Å². The van der Waals surface area contributed by atoms with E-state index in [-0.39, 0.29) is 50.4 Å². The van der Waals surface area contributed by atoms with Gasteiger partial charge < -0.3 is 80.1 Å². The molecule has 0 unspecified atom stereocenters. The van der Waals surface area contributed by atoms with Crippen LogP contribution < -0.4 is 54.8 Å². The molecule has 0 saturated carbocycles. The van der Waals surface area contributed by atoms with E-state index in [1.54, 1.807) is 6.26 Å². The van der Waals surface area contributed by atoms with Crippen molar-refractivity contribution in [1.82, 2.24) is 51.8 Å². The molecule has 0 saturated heterocycles. The molecule has 29 heteroatoms. The standard InChI is InChI=1S/C36H55N15O13S/c1-65-8-6-22(48-31(59)21(4-5-27(53)54)46-29(57)19(37)9-17-13-41-15-44-17)32(60)49-23(11-26(38)52)33(61)50-24(12-28(55)56)34(62)47-20(3-2-7-43-36(39)40)30(58)51-25(35(63)64)10-18-14-42-16-45-18/h13-16,19-25H,2-12,37H2,1H3,(H2,38,52)(H,41,44)(H,42,45)(H,46,57)(H,47,62)(H,48,59)(H,49,60)(H,50,61)(H,51,58)(H,53,54)(H,55,56)(H,63,64)(H4,39,40,43)/t19-,20-,21-,22-,23-,24-,25-/m0/s1. The average Bonchev–Trinajstić information content (AvgIpc) is 3.95. The molecule has 0 aromatic carbocycles. The quantitative estimate of drug-likeness (QED) is 0.0190. The molecule has 0 fully saturated rings. The Labute approximate surface area is 374 Å². The topological polar surface area (TPSA) is 477 Å². The minimum absolute atomic E-state index is 0.0206. The second kappa shape index (κ2) is 27.7. The first-order chi connectivity index (χ1) is 30.7. The molecule has 65 heavy (non-hydrogen) atoms. The monoisotopic (exact) mass is 937 g/mol. The number of aromatic nitrogens is 4. The van der Waals surface area contributed by atoms with E-state index in [2.05, 4.69) is 56.8 Å². The first-order valence-corrected chi connectivity index (χ1v) is 21.1. The first kappa shape index (κ1) is 53.8. The summed E-state index contributed by atoms with van der Waals surface area (Å²) in [6.07, 6.45) is 3.50. The summed E-state index contributed by atoms with van der Waals surface area (Å²) in [6.45, 7) is -0.0425. The summed E-state index contributed by atoms with van der Waals surface area (Å²) in [5.74, 6) is -12.1. The number of nitrogens with zero attached hydrogens (tertiary/aromatic N) is 3. The smallest absolute Gasteiger partial charge is 0.326 e. The third-order valence-electron chi connectivity index (χ3n) is 9.08. The van der Waals surface area contributed by atoms with Crippen molar-refractivity contribution in [3.05, 3.63) is 36.4 Å². The third-order valence-corrected chi connectivity index (χ3v) is 9.72. The van der Waals surface area contributed by atoms with Crippen LogP contribution in [0.2, 0.25) is 0 Å². The minimum atomic E-state index is -1.98. The molecule has 0 aliphatic carbocycles. The van der Waals surface area contributed by atoms with Gasteiger partial charge in [-0.15, -0.1) is 0 Å². The molecular formula is C36H55N15O13S. The molecule has 0 spiro atoms. The van der Waals surface area contributed by atoms with Crippen LogP contribution in [-0.2, 0) is 60.8 Å². The fourth-order valence-corrected chi connectivity index (χ4v) is 6.26. The summed E-state index contributed by atoms with van der Waals surface area (Å²) >= 11 is 1.25. The lowest BCUT2D eigenvalue weighted by atomic mass is 10.1. The van der Waals surface area contributed by atoms with Crippen molar-refractivity contribution in [2.45, 2.75) is 100 Å². The Morgan fingerprint density at radius 1 is 0.631 bits per heavy atom. The molecule has 2 aromatic rings. The van der Waals surface area contributed by atoms with Gasteiger partial charge in [0.05, 0.1) is 31.5 Å². The lowest BCUT2D eigenvalue weighted by Gasteiger charge is -2.27. The maximum Gasteiger partial charge on any atom is 0.326 e. The average molecular weight is 938 g/mol. The van der Waals surface area contributed by atoms with Gasteiger partial charge in [-0.25, -0.2) is 14.8 Å². The van der Waals surface area contributed by atoms with Crippen LogP contribution in [-0.4, -0.2) is 161 Å². The Hall–Kier alpha value is -7.30. The number of amides is 7. The largest absolute Gasteiger partial charge is 0.481 e. The molecule has 0 radical (unpaired) electrons. The van der Waals surface area contributed by atoms with Gasteiger partial charge in [-0.05, 0) is 37.7 Å². The van der Waals surface area contributed by atoms with Crippen LogP contribution in [0.15, 0.2) is 30.0 Å². The van der Waals surface area contributed by atoms with Gasteiger partial charge in [-0.3, -0.25) is 48.1 Å². The number of aromatic amines is 2. The number of primary amides is 1. The van der Waals surface area contributed by atoms with Gasteiger partial charge in [-0.1, -0.05) is 0 Å². The predicted octanol–water partition coefficient (Wildman–Crippen LogP) is -5.74. The SMILES string of the molecule is CSCC[C@H](NC(=O)[C@H](CCC(=O)O)NC(=O)[C@@H](N)Cc1cnc[nH]1)C(=O)N[C@@H](CC(N)=O)C(=O)N[C@@H](CC(=O)O)C(=O)N[C@@H](CCCN=C(N)N)C(=O)N[C@@H](Cc1cnc[nH]1)C(=O)O. The van der Waals surface area contributed by atoms with Crippen molar-refractivity contribution in [3.63, 3.8) is 0 Å². The molecule has 0 bridgehead atoms. The van der Waals surface area contributed by atoms with E-state index in [1.807, 2.05) is 0 Å². The highest BCUT2D eigenvalue weighted by atomic mass is 32.2. The zero-order valence-electron chi connectivity index (χ0n) is 35.1. The van der Waals surface area contributed by atoms with Crippen LogP contribution in [0.1, 0.15) is 56.3 Å². The second-order valence-corrected chi connectivity index (χ2v) is 15.3. The van der Waals surface area contributed by atoms with Crippen molar-refractivity contribution in [3.8, 4) is 0 Å². The van der Waals surface area contributed by atoms with Gasteiger partial charge in [0.15, 0.2) is 5.96 Å². The summed E-state index contributed by atoms with van der Waals surface area (Å²) in [4.78, 5) is 145. The van der Waals surface area contributed by atoms with Gasteiger partial charge in [0.1, 0.15) is 36.3 Å². The van der Waals surface area contributed by atoms with Crippen LogP contribution >= 0.6 is 11.8 Å². The van der Waals surface area contributed by atoms with Crippen molar-refractivity contribution < 1.29 is 63.3 Å². The minimum Gasteiger partial charge on any atom is -0.481 e. The molecule has 2 heterocycles. The summed E-state index contributed by atoms with van der Waals surface area (Å²) in [5.41, 5.74) is 22.9. The molecule has 0 aliphatic rings. The molecule has 2 rings (SSSR count). The number of carbonyl (C=O) groups excluding carboxylic acids is 7. The highest BCUT2D eigenvalue weighted by Gasteiger charge is 2.35. The van der Waals surface area contributed by atoms with Crippen molar-refractivity contribution in [2.75, 3.05) is 18.6 Å². The molecule has 358 valence electrons. The number of imidazole rings is 2. The summed E-state index contributed by atoms with van der Waals surface area (Å²) in [5, 5.41) is 42.5. The number of hydrogen-bond acceptors (Lipinski definition) is 15. The fraction of sp³-hybridized carbons (Fsp3) is 0.528. The summed E-state index contributed by atoms with van der Waals surface area (Å²) < 4.78 is 0. The first-order valence-electron chi connectivity index (χ1n) is 19.7. The number of nitrogens with two attached hydrogens (primary N) is 4. The molecule has 2 aromatic heterocycles. The Balaban J connectivity index is 2.33. The Bertz CT molecular complexity index is 1980. The maximum absolute atomic E-state index is 13.7. The van der Waals surface area contributed by atoms with Crippen molar-refractivity contribution >= 4 is 77.0 Å². The number of rotatable bonds is 31. The lowest BCUT2D eigenvalue weighted by Crippen LogP contribution is -2.60. The number of guanidine groups is 1. The molecule has 19 N–H and O–H groups in total. The number of aliphatic imine (C=N–C) groups is 1. The van der Waals surface area contributed by atoms with Crippen molar-refractivity contribution in [1.29, 1.82) is 0 Å². The van der Waals surface area contributed by atoms with E-state index in [9.17, 15) is 63.3 Å². The Morgan fingerprint density at radius 3 is 1.55 bits per heavy atom. The van der Waals surface area contributed by atoms with Crippen LogP contribution in [0.3, 0.4) is 0 Å². The van der Waals surface area contributed by atoms with E-state index in [4.69, 9.17) is 22.9 Å². The predicted molar refractivity (Wildman–Crippen MR) is 228 cm³/mol. The lowest BCUT2D eigenvalue weighted by molar-refractivity contribution is -0.143. The van der Waals surface area contributed by atoms with E-state index in [0.29, 0.717) is 11.4 Å². The second-order valence-electron chi connectivity index (χ2n) is 14.3. The number of nitrogens with one attached hydrogen (secondary N) is 8. The highest BCUT2D eigenvalue weighted by Crippen LogP contribution is 2.09. The van der Waals surface area contributed by atoms with Gasteiger partial charge in [-0.2, -0.15) is 11.8 Å². The molecule has 7 atom stereocenters. The van der Waals surface area contributed by atoms with Gasteiger partial charge >= 0.3 is 17.9 Å². The third kappa shape index (κ3) is 20.6. The summed E-state index contributed by atoms with van der Waals surface area (Å²) in [7, 11) is 0. The highest BCUT2D eigenvalue weighted by molar-refractivity contribution is 7.98. The van der Waals surface area contributed by atoms with Gasteiger partial charge in [0, 0.05) is 49.6 Å². The number of aliphatic carboxylic acids is 3. The number of hydrogen-bond donors (Lipinski definition) is 15. The van der Waals surface area contributed by atoms with Crippen LogP contribution in [0, 0.1) is 0 Å². The van der Waals surface area contributed by atoms with E-state index >= 15 is 0 Å². The van der Waals surface area contributed by atoms with Crippen LogP contribution in [0.4, 0.5) is 0 Å². The zero-order chi connectivity index (χ0) is 48.6. The Kier molecular flexibility index (Phi) is 22.9.